The lowest BCUT2D eigenvalue weighted by molar-refractivity contribution is 0.0191. The van der Waals surface area contributed by atoms with Gasteiger partial charge >= 0.3 is 0 Å². The van der Waals surface area contributed by atoms with Crippen molar-refractivity contribution in [3.8, 4) is 0 Å². The molecule has 142 valence electrons. The van der Waals surface area contributed by atoms with Crippen LogP contribution in [0.25, 0.3) is 0 Å². The number of rotatable bonds is 3. The monoisotopic (exact) mass is 364 g/mol. The molecule has 0 saturated heterocycles. The second-order valence-electron chi connectivity index (χ2n) is 8.15. The zero-order valence-electron chi connectivity index (χ0n) is 16.5. The molecule has 1 saturated carbocycles. The van der Waals surface area contributed by atoms with Crippen LogP contribution in [-0.4, -0.2) is 33.0 Å². The number of aliphatic hydroxyl groups excluding tert-OH is 1. The standard InChI is InChI=1S/C23H28N2O2/c1-14-8-9-17(12-24-14)10-18-11-19-20(16(3)15(18)2)13-25(23(19)27)21-6-4-5-7-22(21)26/h8-9,11-12,21-22,26H,4-7,10,13H2,1-3H3. The van der Waals surface area contributed by atoms with E-state index in [1.165, 1.54) is 16.7 Å². The molecule has 4 heteroatoms. The van der Waals surface area contributed by atoms with E-state index in [1.54, 1.807) is 0 Å². The first-order valence-electron chi connectivity index (χ1n) is 9.98. The minimum atomic E-state index is -0.392. The fraction of sp³-hybridized carbons (Fsp3) is 0.478. The lowest BCUT2D eigenvalue weighted by Gasteiger charge is -2.35. The molecule has 4 rings (SSSR count). The maximum Gasteiger partial charge on any atom is 0.254 e. The molecular formula is C23H28N2O2. The topological polar surface area (TPSA) is 53.4 Å². The second kappa shape index (κ2) is 7.08. The molecule has 2 heterocycles. The maximum atomic E-state index is 13.2. The normalized spacial score (nSPS) is 22.2. The number of aryl methyl sites for hydroxylation is 1. The van der Waals surface area contributed by atoms with Crippen LogP contribution in [0.2, 0.25) is 0 Å². The van der Waals surface area contributed by atoms with Gasteiger partial charge < -0.3 is 10.0 Å². The number of fused-ring (bicyclic) bond motifs is 1. The Bertz CT molecular complexity index is 873. The molecule has 1 fully saturated rings. The molecule has 1 amide bonds. The highest BCUT2D eigenvalue weighted by molar-refractivity contribution is 5.99. The van der Waals surface area contributed by atoms with Crippen molar-refractivity contribution in [2.24, 2.45) is 0 Å². The third-order valence-corrected chi connectivity index (χ3v) is 6.42. The molecule has 2 aliphatic rings. The van der Waals surface area contributed by atoms with Gasteiger partial charge in [-0.1, -0.05) is 18.9 Å². The van der Waals surface area contributed by atoms with Crippen molar-refractivity contribution in [3.63, 3.8) is 0 Å². The summed E-state index contributed by atoms with van der Waals surface area (Å²) in [6.45, 7) is 6.89. The Hall–Kier alpha value is -2.20. The van der Waals surface area contributed by atoms with E-state index in [1.807, 2.05) is 24.1 Å². The molecule has 0 bridgehead atoms. The molecular weight excluding hydrogens is 336 g/mol. The van der Waals surface area contributed by atoms with Crippen molar-refractivity contribution in [1.29, 1.82) is 0 Å². The number of aliphatic hydroxyl groups is 1. The summed E-state index contributed by atoms with van der Waals surface area (Å²) in [6, 6.07) is 6.18. The van der Waals surface area contributed by atoms with E-state index in [0.29, 0.717) is 6.54 Å². The van der Waals surface area contributed by atoms with Crippen LogP contribution in [0.4, 0.5) is 0 Å². The zero-order chi connectivity index (χ0) is 19.1. The number of hydrogen-bond donors (Lipinski definition) is 1. The van der Waals surface area contributed by atoms with Crippen LogP contribution < -0.4 is 0 Å². The third-order valence-electron chi connectivity index (χ3n) is 6.42. The number of carbonyl (C=O) groups excluding carboxylic acids is 1. The summed E-state index contributed by atoms with van der Waals surface area (Å²) in [6.07, 6.45) is 6.16. The Morgan fingerprint density at radius 3 is 2.63 bits per heavy atom. The summed E-state index contributed by atoms with van der Waals surface area (Å²) in [5.74, 6) is 0.0855. The number of nitrogens with zero attached hydrogens (tertiary/aromatic N) is 2. The number of carbonyl (C=O) groups is 1. The Labute approximate surface area is 161 Å². The predicted octanol–water partition coefficient (Wildman–Crippen LogP) is 3.86. The van der Waals surface area contributed by atoms with Gasteiger partial charge in [-0.25, -0.2) is 0 Å². The summed E-state index contributed by atoms with van der Waals surface area (Å²) in [7, 11) is 0. The minimum absolute atomic E-state index is 0.0388. The fourth-order valence-electron chi connectivity index (χ4n) is 4.56. The van der Waals surface area contributed by atoms with E-state index < -0.39 is 6.10 Å². The van der Waals surface area contributed by atoms with Crippen LogP contribution in [0.15, 0.2) is 24.4 Å². The highest BCUT2D eigenvalue weighted by atomic mass is 16.3. The van der Waals surface area contributed by atoms with Gasteiger partial charge in [0.2, 0.25) is 0 Å². The highest BCUT2D eigenvalue weighted by Crippen LogP contribution is 2.35. The van der Waals surface area contributed by atoms with Crippen LogP contribution in [-0.2, 0) is 13.0 Å². The summed E-state index contributed by atoms with van der Waals surface area (Å²) in [4.78, 5) is 19.5. The van der Waals surface area contributed by atoms with Crippen molar-refractivity contribution >= 4 is 5.91 Å². The number of amides is 1. The van der Waals surface area contributed by atoms with E-state index in [4.69, 9.17) is 0 Å². The Balaban J connectivity index is 1.65. The number of aromatic nitrogens is 1. The van der Waals surface area contributed by atoms with Crippen molar-refractivity contribution < 1.29 is 9.90 Å². The Morgan fingerprint density at radius 2 is 1.93 bits per heavy atom. The van der Waals surface area contributed by atoms with Gasteiger partial charge in [-0.15, -0.1) is 0 Å². The Kier molecular flexibility index (Phi) is 4.77. The van der Waals surface area contributed by atoms with Crippen molar-refractivity contribution in [3.05, 3.63) is 63.5 Å². The number of hydrogen-bond acceptors (Lipinski definition) is 3. The van der Waals surface area contributed by atoms with Crippen molar-refractivity contribution in [2.45, 2.75) is 71.6 Å². The molecule has 1 N–H and O–H groups in total. The van der Waals surface area contributed by atoms with Crippen molar-refractivity contribution in [2.75, 3.05) is 0 Å². The third kappa shape index (κ3) is 3.27. The van der Waals surface area contributed by atoms with E-state index in [-0.39, 0.29) is 11.9 Å². The summed E-state index contributed by atoms with van der Waals surface area (Å²) < 4.78 is 0. The average Bonchev–Trinajstić information content (AvgIpc) is 2.98. The van der Waals surface area contributed by atoms with E-state index >= 15 is 0 Å². The molecule has 2 aromatic rings. The molecule has 1 aliphatic carbocycles. The molecule has 4 nitrogen and oxygen atoms in total. The van der Waals surface area contributed by atoms with E-state index in [0.717, 1.165) is 54.5 Å². The van der Waals surface area contributed by atoms with E-state index in [2.05, 4.69) is 31.0 Å². The zero-order valence-corrected chi connectivity index (χ0v) is 16.5. The molecule has 27 heavy (non-hydrogen) atoms. The van der Waals surface area contributed by atoms with Crippen LogP contribution in [0, 0.1) is 20.8 Å². The fourth-order valence-corrected chi connectivity index (χ4v) is 4.56. The first-order chi connectivity index (χ1) is 13.0. The molecule has 1 aliphatic heterocycles. The van der Waals surface area contributed by atoms with Gasteiger partial charge in [0.1, 0.15) is 0 Å². The van der Waals surface area contributed by atoms with Crippen LogP contribution in [0.1, 0.15) is 69.6 Å². The summed E-state index contributed by atoms with van der Waals surface area (Å²) in [5.41, 5.74) is 7.80. The van der Waals surface area contributed by atoms with Gasteiger partial charge in [0, 0.05) is 24.0 Å². The number of pyridine rings is 1. The summed E-state index contributed by atoms with van der Waals surface area (Å²) in [5, 5.41) is 10.4. The molecule has 2 unspecified atom stereocenters. The lowest BCUT2D eigenvalue weighted by atomic mass is 9.91. The van der Waals surface area contributed by atoms with Crippen LogP contribution >= 0.6 is 0 Å². The van der Waals surface area contributed by atoms with Crippen molar-refractivity contribution in [1.82, 2.24) is 9.88 Å². The highest BCUT2D eigenvalue weighted by Gasteiger charge is 2.38. The molecule has 0 radical (unpaired) electrons. The largest absolute Gasteiger partial charge is 0.391 e. The second-order valence-corrected chi connectivity index (χ2v) is 8.15. The summed E-state index contributed by atoms with van der Waals surface area (Å²) >= 11 is 0. The minimum Gasteiger partial charge on any atom is -0.391 e. The van der Waals surface area contributed by atoms with Gasteiger partial charge in [-0.3, -0.25) is 9.78 Å². The average molecular weight is 364 g/mol. The van der Waals surface area contributed by atoms with E-state index in [9.17, 15) is 9.90 Å². The lowest BCUT2D eigenvalue weighted by Crippen LogP contribution is -2.45. The molecule has 0 spiro atoms. The molecule has 2 atom stereocenters. The SMILES string of the molecule is Cc1ccc(Cc2cc3c(c(C)c2C)CN(C2CCCCC2O)C3=O)cn1. The Morgan fingerprint density at radius 1 is 1.15 bits per heavy atom. The first kappa shape index (κ1) is 18.2. The predicted molar refractivity (Wildman–Crippen MR) is 106 cm³/mol. The first-order valence-corrected chi connectivity index (χ1v) is 9.98. The van der Waals surface area contributed by atoms with Crippen LogP contribution in [0.3, 0.4) is 0 Å². The molecule has 1 aromatic heterocycles. The van der Waals surface area contributed by atoms with Gasteiger partial charge in [-0.2, -0.15) is 0 Å². The maximum absolute atomic E-state index is 13.2. The quantitative estimate of drug-likeness (QED) is 0.900. The van der Waals surface area contributed by atoms with Crippen LogP contribution in [0.5, 0.6) is 0 Å². The smallest absolute Gasteiger partial charge is 0.254 e. The molecule has 1 aromatic carbocycles. The van der Waals surface area contributed by atoms with Gasteiger partial charge in [0.05, 0.1) is 12.1 Å². The number of benzene rings is 1. The van der Waals surface area contributed by atoms with Gasteiger partial charge in [0.25, 0.3) is 5.91 Å². The van der Waals surface area contributed by atoms with Gasteiger partial charge in [-0.05, 0) is 80.0 Å². The van der Waals surface area contributed by atoms with Gasteiger partial charge in [0.15, 0.2) is 0 Å².